The zero-order chi connectivity index (χ0) is 18.4. The Morgan fingerprint density at radius 3 is 2.56 bits per heavy atom. The number of aryl methyl sites for hydroxylation is 1. The lowest BCUT2D eigenvalue weighted by Crippen LogP contribution is -2.20. The molecule has 0 saturated heterocycles. The number of aliphatic imine (C=N–C) groups is 1. The molecule has 0 aliphatic heterocycles. The quantitative estimate of drug-likeness (QED) is 0.615. The van der Waals surface area contributed by atoms with E-state index in [1.165, 1.54) is 12.3 Å². The highest BCUT2D eigenvalue weighted by molar-refractivity contribution is 5.99. The van der Waals surface area contributed by atoms with Gasteiger partial charge in [-0.15, -0.1) is 0 Å². The molecule has 0 fully saturated rings. The van der Waals surface area contributed by atoms with E-state index < -0.39 is 11.7 Å². The molecular weight excluding hydrogens is 322 g/mol. The van der Waals surface area contributed by atoms with Crippen LogP contribution in [-0.4, -0.2) is 29.8 Å². The van der Waals surface area contributed by atoms with Crippen LogP contribution < -0.4 is 5.63 Å². The second-order valence-electron chi connectivity index (χ2n) is 5.42. The number of hydrogen-bond acceptors (Lipinski definition) is 6. The van der Waals surface area contributed by atoms with Crippen LogP contribution in [-0.2, 0) is 11.2 Å². The van der Waals surface area contributed by atoms with Crippen molar-refractivity contribution in [2.24, 2.45) is 4.99 Å². The van der Waals surface area contributed by atoms with Crippen molar-refractivity contribution in [3.63, 3.8) is 0 Å². The van der Waals surface area contributed by atoms with Crippen molar-refractivity contribution < 1.29 is 19.1 Å². The zero-order valence-corrected chi connectivity index (χ0v) is 14.5. The fourth-order valence-corrected chi connectivity index (χ4v) is 2.24. The Bertz CT molecular complexity index is 821. The lowest BCUT2D eigenvalue weighted by atomic mass is 10.1. The van der Waals surface area contributed by atoms with Crippen LogP contribution in [0.4, 0.5) is 5.69 Å². The largest absolute Gasteiger partial charge is 0.507 e. The fourth-order valence-electron chi connectivity index (χ4n) is 2.24. The van der Waals surface area contributed by atoms with E-state index in [2.05, 4.69) is 4.99 Å². The standard InChI is InChI=1S/C19H21NO5/c1-4-15-10-17(21)16(19(23)25-15)11-20-14-8-6-13(7-9-14)18(22)12(3)24-5-2/h6-12,21H,4-5H2,1-3H3. The van der Waals surface area contributed by atoms with Crippen molar-refractivity contribution in [1.29, 1.82) is 0 Å². The lowest BCUT2D eigenvalue weighted by Gasteiger charge is -2.10. The van der Waals surface area contributed by atoms with Crippen molar-refractivity contribution in [2.45, 2.75) is 33.3 Å². The highest BCUT2D eigenvalue weighted by atomic mass is 16.5. The molecule has 1 heterocycles. The molecule has 2 rings (SSSR count). The molecule has 6 heteroatoms. The number of nitrogens with zero attached hydrogens (tertiary/aromatic N) is 1. The van der Waals surface area contributed by atoms with Crippen LogP contribution in [0.5, 0.6) is 5.75 Å². The molecule has 1 N–H and O–H groups in total. The Labute approximate surface area is 145 Å². The first-order valence-corrected chi connectivity index (χ1v) is 8.12. The minimum Gasteiger partial charge on any atom is -0.507 e. The number of ketones is 1. The summed E-state index contributed by atoms with van der Waals surface area (Å²) in [5.74, 6) is 0.131. The predicted molar refractivity (Wildman–Crippen MR) is 95.1 cm³/mol. The number of Topliss-reactive ketones (excluding diaryl/α,β-unsaturated/α-hetero) is 1. The third-order valence-electron chi connectivity index (χ3n) is 3.65. The third kappa shape index (κ3) is 4.64. The maximum atomic E-state index is 12.1. The van der Waals surface area contributed by atoms with E-state index in [0.29, 0.717) is 30.0 Å². The van der Waals surface area contributed by atoms with E-state index in [4.69, 9.17) is 9.15 Å². The van der Waals surface area contributed by atoms with Gasteiger partial charge in [0.15, 0.2) is 5.78 Å². The molecule has 0 aliphatic carbocycles. The molecule has 2 aromatic rings. The van der Waals surface area contributed by atoms with E-state index in [9.17, 15) is 14.7 Å². The molecule has 1 unspecified atom stereocenters. The van der Waals surface area contributed by atoms with E-state index in [1.54, 1.807) is 31.2 Å². The SMILES string of the molecule is CCOC(C)C(=O)c1ccc(N=Cc2c(O)cc(CC)oc2=O)cc1. The van der Waals surface area contributed by atoms with Gasteiger partial charge < -0.3 is 14.3 Å². The number of hydrogen-bond donors (Lipinski definition) is 1. The van der Waals surface area contributed by atoms with Crippen molar-refractivity contribution in [1.82, 2.24) is 0 Å². The molecule has 0 aliphatic rings. The van der Waals surface area contributed by atoms with Gasteiger partial charge in [0.05, 0.1) is 5.69 Å². The minimum atomic E-state index is -0.641. The molecule has 1 aromatic heterocycles. The summed E-state index contributed by atoms with van der Waals surface area (Å²) in [6, 6.07) is 8.00. The van der Waals surface area contributed by atoms with Crippen LogP contribution in [0.15, 0.2) is 44.5 Å². The van der Waals surface area contributed by atoms with E-state index >= 15 is 0 Å². The predicted octanol–water partition coefficient (Wildman–Crippen LogP) is 3.27. The fraction of sp³-hybridized carbons (Fsp3) is 0.316. The number of aromatic hydroxyl groups is 1. The average molecular weight is 343 g/mol. The monoisotopic (exact) mass is 343 g/mol. The van der Waals surface area contributed by atoms with E-state index in [-0.39, 0.29) is 17.1 Å². The summed E-state index contributed by atoms with van der Waals surface area (Å²) < 4.78 is 10.3. The summed E-state index contributed by atoms with van der Waals surface area (Å²) in [7, 11) is 0. The lowest BCUT2D eigenvalue weighted by molar-refractivity contribution is 0.0520. The maximum absolute atomic E-state index is 12.1. The molecule has 0 radical (unpaired) electrons. The Hall–Kier alpha value is -2.73. The first kappa shape index (κ1) is 18.6. The van der Waals surface area contributed by atoms with Gasteiger partial charge in [-0.1, -0.05) is 6.92 Å². The van der Waals surface area contributed by atoms with Gasteiger partial charge in [0.1, 0.15) is 23.2 Å². The van der Waals surface area contributed by atoms with Crippen LogP contribution in [0.3, 0.4) is 0 Å². The molecule has 1 atom stereocenters. The summed E-state index contributed by atoms with van der Waals surface area (Å²) in [6.45, 7) is 5.83. The molecule has 0 spiro atoms. The molecule has 25 heavy (non-hydrogen) atoms. The summed E-state index contributed by atoms with van der Waals surface area (Å²) in [5.41, 5.74) is 0.411. The van der Waals surface area contributed by atoms with Crippen LogP contribution >= 0.6 is 0 Å². The zero-order valence-electron chi connectivity index (χ0n) is 14.5. The number of carbonyl (C=O) groups is 1. The molecule has 1 aromatic carbocycles. The molecule has 0 amide bonds. The second kappa shape index (κ2) is 8.39. The summed E-state index contributed by atoms with van der Waals surface area (Å²) >= 11 is 0. The van der Waals surface area contributed by atoms with Gasteiger partial charge >= 0.3 is 5.63 Å². The highest BCUT2D eigenvalue weighted by Gasteiger charge is 2.14. The highest BCUT2D eigenvalue weighted by Crippen LogP contribution is 2.17. The normalized spacial score (nSPS) is 12.4. The van der Waals surface area contributed by atoms with E-state index in [0.717, 1.165) is 0 Å². The second-order valence-corrected chi connectivity index (χ2v) is 5.42. The van der Waals surface area contributed by atoms with Crippen molar-refractivity contribution >= 4 is 17.7 Å². The van der Waals surface area contributed by atoms with Crippen molar-refractivity contribution in [2.75, 3.05) is 6.61 Å². The molecule has 132 valence electrons. The van der Waals surface area contributed by atoms with Gasteiger partial charge in [-0.2, -0.15) is 0 Å². The third-order valence-corrected chi connectivity index (χ3v) is 3.65. The summed E-state index contributed by atoms with van der Waals surface area (Å²) in [6.07, 6.45) is 1.26. The average Bonchev–Trinajstić information content (AvgIpc) is 2.61. The first-order valence-electron chi connectivity index (χ1n) is 8.12. The number of benzene rings is 1. The van der Waals surface area contributed by atoms with Gasteiger partial charge in [0, 0.05) is 30.9 Å². The van der Waals surface area contributed by atoms with Crippen LogP contribution in [0.25, 0.3) is 0 Å². The molecular formula is C19H21NO5. The minimum absolute atomic E-state index is 0.0117. The van der Waals surface area contributed by atoms with Gasteiger partial charge in [0.2, 0.25) is 0 Å². The molecule has 0 bridgehead atoms. The Morgan fingerprint density at radius 1 is 1.32 bits per heavy atom. The smallest absolute Gasteiger partial charge is 0.348 e. The topological polar surface area (TPSA) is 89.1 Å². The number of ether oxygens (including phenoxy) is 1. The Kier molecular flexibility index (Phi) is 6.25. The van der Waals surface area contributed by atoms with Crippen molar-refractivity contribution in [3.05, 3.63) is 57.6 Å². The van der Waals surface area contributed by atoms with Crippen molar-refractivity contribution in [3.8, 4) is 5.75 Å². The maximum Gasteiger partial charge on any atom is 0.348 e. The van der Waals surface area contributed by atoms with Gasteiger partial charge in [0.25, 0.3) is 0 Å². The van der Waals surface area contributed by atoms with Crippen LogP contribution in [0, 0.1) is 0 Å². The first-order chi connectivity index (χ1) is 12.0. The summed E-state index contributed by atoms with van der Waals surface area (Å²) in [4.78, 5) is 28.1. The Morgan fingerprint density at radius 2 is 2.00 bits per heavy atom. The summed E-state index contributed by atoms with van der Waals surface area (Å²) in [5, 5.41) is 9.90. The van der Waals surface area contributed by atoms with E-state index in [1.807, 2.05) is 13.8 Å². The van der Waals surface area contributed by atoms with Crippen LogP contribution in [0.1, 0.15) is 42.5 Å². The van der Waals surface area contributed by atoms with Gasteiger partial charge in [-0.3, -0.25) is 9.79 Å². The van der Waals surface area contributed by atoms with Gasteiger partial charge in [-0.05, 0) is 38.1 Å². The Balaban J connectivity index is 2.18. The van der Waals surface area contributed by atoms with Crippen LogP contribution in [0.2, 0.25) is 0 Å². The number of rotatable bonds is 7. The molecule has 6 nitrogen and oxygen atoms in total. The number of carbonyl (C=O) groups excluding carboxylic acids is 1. The molecule has 0 saturated carbocycles. The van der Waals surface area contributed by atoms with Gasteiger partial charge in [-0.25, -0.2) is 4.79 Å².